The van der Waals surface area contributed by atoms with Crippen LogP contribution in [0.25, 0.3) is 5.57 Å². The maximum absolute atomic E-state index is 2.53. The van der Waals surface area contributed by atoms with Crippen molar-refractivity contribution in [2.45, 2.75) is 14.3 Å². The lowest BCUT2D eigenvalue weighted by Gasteiger charge is -2.21. The van der Waals surface area contributed by atoms with Crippen molar-refractivity contribution < 1.29 is 0 Å². The van der Waals surface area contributed by atoms with Gasteiger partial charge in [-0.05, 0) is 29.5 Å². The summed E-state index contributed by atoms with van der Waals surface area (Å²) in [6, 6.07) is 8.78. The summed E-state index contributed by atoms with van der Waals surface area (Å²) in [4.78, 5) is 0. The lowest BCUT2D eigenvalue weighted by molar-refractivity contribution is 0.954. The largest absolute Gasteiger partial charge is 0.0953 e. The minimum Gasteiger partial charge on any atom is -0.0622 e. The van der Waals surface area contributed by atoms with Crippen molar-refractivity contribution in [1.82, 2.24) is 0 Å². The van der Waals surface area contributed by atoms with Gasteiger partial charge in [0.05, 0.1) is 1.43 Å². The molecule has 0 fully saturated rings. The van der Waals surface area contributed by atoms with E-state index in [1.807, 2.05) is 0 Å². The summed E-state index contributed by atoms with van der Waals surface area (Å²) < 4.78 is 0.288. The van der Waals surface area contributed by atoms with E-state index in [0.717, 1.165) is 6.42 Å². The summed E-state index contributed by atoms with van der Waals surface area (Å²) in [5.74, 6) is 0. The van der Waals surface area contributed by atoms with E-state index in [2.05, 4.69) is 81.6 Å². The van der Waals surface area contributed by atoms with Crippen LogP contribution in [0.4, 0.5) is 0 Å². The molecule has 0 spiro atoms. The second-order valence-corrected chi connectivity index (χ2v) is 10.0. The van der Waals surface area contributed by atoms with E-state index in [-0.39, 0.29) is 1.43 Å². The summed E-state index contributed by atoms with van der Waals surface area (Å²) in [6.07, 6.45) is 6.98. The van der Waals surface area contributed by atoms with Crippen LogP contribution in [0.2, 0.25) is 0 Å². The van der Waals surface area contributed by atoms with E-state index >= 15 is 0 Å². The van der Waals surface area contributed by atoms with Gasteiger partial charge in [0.15, 0.2) is 0 Å². The molecule has 0 N–H and O–H groups in total. The van der Waals surface area contributed by atoms with Crippen molar-refractivity contribution in [1.29, 1.82) is 0 Å². The molecule has 0 saturated carbocycles. The highest BCUT2D eigenvalue weighted by atomic mass is 127. The zero-order valence-corrected chi connectivity index (χ0v) is 12.4. The quantitative estimate of drug-likeness (QED) is 0.428. The first-order valence-corrected chi connectivity index (χ1v) is 7.19. The van der Waals surface area contributed by atoms with Gasteiger partial charge in [-0.2, -0.15) is 0 Å². The Hall–Kier alpha value is 0.160. The monoisotopic (exact) mass is 420 g/mol. The Morgan fingerprint density at radius 3 is 2.80 bits per heavy atom. The van der Waals surface area contributed by atoms with Crippen LogP contribution in [0.15, 0.2) is 42.0 Å². The number of halogens is 2. The molecule has 15 heavy (non-hydrogen) atoms. The molecule has 0 bridgehead atoms. The van der Waals surface area contributed by atoms with Crippen molar-refractivity contribution in [3.05, 3.63) is 53.1 Å². The third-order valence-electron chi connectivity index (χ3n) is 3.04. The van der Waals surface area contributed by atoms with E-state index < -0.39 is 0 Å². The summed E-state index contributed by atoms with van der Waals surface area (Å²) in [6.45, 7) is 0. The number of alkyl halides is 2. The van der Waals surface area contributed by atoms with Crippen LogP contribution in [0, 0.1) is 0 Å². The van der Waals surface area contributed by atoms with E-state index in [4.69, 9.17) is 0 Å². The zero-order valence-electron chi connectivity index (χ0n) is 8.13. The second kappa shape index (κ2) is 3.58. The summed E-state index contributed by atoms with van der Waals surface area (Å²) in [7, 11) is 0. The Morgan fingerprint density at radius 1 is 1.13 bits per heavy atom. The van der Waals surface area contributed by atoms with Gasteiger partial charge >= 0.3 is 0 Å². The number of benzene rings is 1. The number of rotatable bonds is 0. The predicted octanol–water partition coefficient (Wildman–Crippen LogP) is 4.52. The third-order valence-corrected chi connectivity index (χ3v) is 4.52. The van der Waals surface area contributed by atoms with Gasteiger partial charge in [-0.3, -0.25) is 0 Å². The van der Waals surface area contributed by atoms with Crippen LogP contribution < -0.4 is 0 Å². The number of allylic oxidation sites excluding steroid dienone is 4. The summed E-state index contributed by atoms with van der Waals surface area (Å²) in [5, 5.41) is 0. The van der Waals surface area contributed by atoms with Crippen LogP contribution in [0.1, 0.15) is 17.5 Å². The normalized spacial score (nSPS) is 21.5. The van der Waals surface area contributed by atoms with Crippen LogP contribution >= 0.6 is 45.2 Å². The highest BCUT2D eigenvalue weighted by molar-refractivity contribution is 14.2. The number of fused-ring (bicyclic) bond motifs is 2. The Morgan fingerprint density at radius 2 is 1.93 bits per heavy atom. The minimum absolute atomic E-state index is 0.288. The minimum atomic E-state index is 0.288. The summed E-state index contributed by atoms with van der Waals surface area (Å²) >= 11 is 5.06. The Labute approximate surface area is 117 Å². The fourth-order valence-electron chi connectivity index (χ4n) is 2.37. The molecule has 0 nitrogen and oxygen atoms in total. The van der Waals surface area contributed by atoms with Crippen molar-refractivity contribution in [3.8, 4) is 0 Å². The molecule has 1 aromatic rings. The molecule has 2 aliphatic rings. The molecule has 0 unspecified atom stereocenters. The molecule has 3 rings (SSSR count). The Kier molecular flexibility index (Phi) is 2.47. The highest BCUT2D eigenvalue weighted by Gasteiger charge is 2.30. The van der Waals surface area contributed by atoms with Gasteiger partial charge in [0, 0.05) is 0 Å². The topological polar surface area (TPSA) is 0 Å². The molecular weight excluding hydrogens is 410 g/mol. The molecule has 0 aromatic heterocycles. The first kappa shape index (κ1) is 10.3. The van der Waals surface area contributed by atoms with E-state index in [1.165, 1.54) is 23.1 Å². The molecule has 2 heteroatoms. The van der Waals surface area contributed by atoms with Crippen LogP contribution in [0.3, 0.4) is 0 Å². The van der Waals surface area contributed by atoms with Gasteiger partial charge in [-0.15, -0.1) is 0 Å². The molecule has 0 amide bonds. The van der Waals surface area contributed by atoms with Crippen molar-refractivity contribution in [3.63, 3.8) is 0 Å². The fraction of sp³-hybridized carbons (Fsp3) is 0.231. The van der Waals surface area contributed by atoms with Crippen LogP contribution in [-0.4, -0.2) is 1.43 Å². The van der Waals surface area contributed by atoms with Crippen LogP contribution in [0.5, 0.6) is 0 Å². The standard InChI is InChI=1S/C13H10I2/c14-13(15)6-5-12-10(8-13)7-9-3-1-2-4-11(9)12/h1-6H,7-8H2. The Balaban J connectivity index is 2.08. The highest BCUT2D eigenvalue weighted by Crippen LogP contribution is 2.46. The average Bonchev–Trinajstić information content (AvgIpc) is 2.52. The maximum Gasteiger partial charge on any atom is 0.0953 e. The molecule has 76 valence electrons. The molecule has 2 aliphatic carbocycles. The van der Waals surface area contributed by atoms with E-state index in [9.17, 15) is 0 Å². The molecule has 1 aromatic carbocycles. The molecule has 0 heterocycles. The van der Waals surface area contributed by atoms with Crippen molar-refractivity contribution >= 4 is 50.8 Å². The number of hydrogen-bond acceptors (Lipinski definition) is 0. The number of hydrogen-bond donors (Lipinski definition) is 0. The molecule has 0 atom stereocenters. The average molecular weight is 420 g/mol. The second-order valence-electron chi connectivity index (χ2n) is 4.12. The van der Waals surface area contributed by atoms with Crippen molar-refractivity contribution in [2.24, 2.45) is 0 Å². The van der Waals surface area contributed by atoms with Crippen LogP contribution in [-0.2, 0) is 6.42 Å². The molecule has 0 aliphatic heterocycles. The van der Waals surface area contributed by atoms with Gasteiger partial charge in [0.25, 0.3) is 0 Å². The van der Waals surface area contributed by atoms with Gasteiger partial charge in [-0.25, -0.2) is 0 Å². The molecule has 0 radical (unpaired) electrons. The first-order chi connectivity index (χ1) is 7.16. The lowest BCUT2D eigenvalue weighted by atomic mass is 9.98. The smallest absolute Gasteiger partial charge is 0.0622 e. The van der Waals surface area contributed by atoms with Gasteiger partial charge in [0.2, 0.25) is 0 Å². The van der Waals surface area contributed by atoms with Crippen molar-refractivity contribution in [2.75, 3.05) is 0 Å². The first-order valence-electron chi connectivity index (χ1n) is 5.03. The van der Waals surface area contributed by atoms with Gasteiger partial charge in [0.1, 0.15) is 0 Å². The molecule has 0 saturated heterocycles. The van der Waals surface area contributed by atoms with Gasteiger partial charge in [-0.1, -0.05) is 87.2 Å². The lowest BCUT2D eigenvalue weighted by Crippen LogP contribution is -2.11. The summed E-state index contributed by atoms with van der Waals surface area (Å²) in [5.41, 5.74) is 6.04. The fourth-order valence-corrected chi connectivity index (χ4v) is 3.65. The zero-order chi connectivity index (χ0) is 10.5. The predicted molar refractivity (Wildman–Crippen MR) is 81.6 cm³/mol. The van der Waals surface area contributed by atoms with E-state index in [1.54, 1.807) is 5.57 Å². The molecular formula is C13H10I2. The van der Waals surface area contributed by atoms with Gasteiger partial charge < -0.3 is 0 Å². The maximum atomic E-state index is 2.53. The Bertz CT molecular complexity index is 481. The SMILES string of the molecule is IC1(I)C=CC2=C(Cc3ccccc32)C1. The van der Waals surface area contributed by atoms with E-state index in [0.29, 0.717) is 0 Å². The third kappa shape index (κ3) is 1.79.